The van der Waals surface area contributed by atoms with Gasteiger partial charge in [0.05, 0.1) is 36.6 Å². The van der Waals surface area contributed by atoms with Crippen LogP contribution in [0.2, 0.25) is 0 Å². The molecule has 0 spiro atoms. The van der Waals surface area contributed by atoms with Gasteiger partial charge < -0.3 is 10.1 Å². The summed E-state index contributed by atoms with van der Waals surface area (Å²) in [7, 11) is 0. The van der Waals surface area contributed by atoms with E-state index in [0.717, 1.165) is 18.7 Å². The molecule has 1 aliphatic heterocycles. The third kappa shape index (κ3) is 4.93. The van der Waals surface area contributed by atoms with E-state index in [-0.39, 0.29) is 23.3 Å². The molecular formula is C20H27FN4O2. The molecule has 0 bridgehead atoms. The van der Waals surface area contributed by atoms with E-state index < -0.39 is 0 Å². The Morgan fingerprint density at radius 1 is 1.33 bits per heavy atom. The molecule has 1 aromatic carbocycles. The van der Waals surface area contributed by atoms with Gasteiger partial charge in [0.25, 0.3) is 5.91 Å². The van der Waals surface area contributed by atoms with Crippen molar-refractivity contribution in [3.63, 3.8) is 0 Å². The van der Waals surface area contributed by atoms with Crippen molar-refractivity contribution in [2.24, 2.45) is 0 Å². The van der Waals surface area contributed by atoms with Crippen LogP contribution >= 0.6 is 0 Å². The van der Waals surface area contributed by atoms with Crippen LogP contribution in [0.4, 0.5) is 4.39 Å². The fourth-order valence-electron chi connectivity index (χ4n) is 3.16. The van der Waals surface area contributed by atoms with Gasteiger partial charge in [0, 0.05) is 25.8 Å². The molecule has 7 heteroatoms. The summed E-state index contributed by atoms with van der Waals surface area (Å²) in [5.74, 6) is -0.455. The molecule has 146 valence electrons. The number of ether oxygens (including phenoxy) is 1. The molecule has 1 fully saturated rings. The first kappa shape index (κ1) is 19.5. The predicted molar refractivity (Wildman–Crippen MR) is 101 cm³/mol. The molecule has 0 saturated carbocycles. The van der Waals surface area contributed by atoms with E-state index in [1.807, 2.05) is 26.8 Å². The summed E-state index contributed by atoms with van der Waals surface area (Å²) >= 11 is 0. The monoisotopic (exact) mass is 374 g/mol. The average molecular weight is 374 g/mol. The summed E-state index contributed by atoms with van der Waals surface area (Å²) in [6.45, 7) is 9.25. The minimum absolute atomic E-state index is 0.105. The summed E-state index contributed by atoms with van der Waals surface area (Å²) in [6.07, 6.45) is 3.33. The fourth-order valence-corrected chi connectivity index (χ4v) is 3.16. The molecule has 1 aliphatic rings. The van der Waals surface area contributed by atoms with Gasteiger partial charge >= 0.3 is 0 Å². The van der Waals surface area contributed by atoms with Gasteiger partial charge in [-0.2, -0.15) is 5.10 Å². The Morgan fingerprint density at radius 3 is 2.70 bits per heavy atom. The van der Waals surface area contributed by atoms with Crippen LogP contribution in [0.3, 0.4) is 0 Å². The first-order chi connectivity index (χ1) is 12.8. The van der Waals surface area contributed by atoms with Gasteiger partial charge in [0.2, 0.25) is 0 Å². The van der Waals surface area contributed by atoms with Crippen molar-refractivity contribution in [1.29, 1.82) is 0 Å². The molecule has 6 nitrogen and oxygen atoms in total. The van der Waals surface area contributed by atoms with Gasteiger partial charge in [0.1, 0.15) is 5.82 Å². The molecule has 3 rings (SSSR count). The lowest BCUT2D eigenvalue weighted by molar-refractivity contribution is 0.0162. The molecule has 1 aromatic heterocycles. The zero-order valence-corrected chi connectivity index (χ0v) is 16.1. The van der Waals surface area contributed by atoms with Crippen molar-refractivity contribution in [3.05, 3.63) is 53.6 Å². The summed E-state index contributed by atoms with van der Waals surface area (Å²) in [5, 5.41) is 7.26. The molecule has 1 atom stereocenters. The Balaban J connectivity index is 1.72. The van der Waals surface area contributed by atoms with Gasteiger partial charge in [-0.3, -0.25) is 14.4 Å². The maximum atomic E-state index is 13.7. The number of benzene rings is 1. The van der Waals surface area contributed by atoms with E-state index in [9.17, 15) is 9.18 Å². The summed E-state index contributed by atoms with van der Waals surface area (Å²) in [5.41, 5.74) is 1.18. The number of halogens is 1. The number of carbonyl (C=O) groups excluding carboxylic acids is 1. The summed E-state index contributed by atoms with van der Waals surface area (Å²) < 4.78 is 20.9. The number of aromatic nitrogens is 2. The zero-order chi connectivity index (χ0) is 19.4. The van der Waals surface area contributed by atoms with Gasteiger partial charge in [-0.1, -0.05) is 12.1 Å². The number of nitrogens with one attached hydrogen (secondary N) is 1. The highest BCUT2D eigenvalue weighted by atomic mass is 19.1. The van der Waals surface area contributed by atoms with Gasteiger partial charge in [-0.25, -0.2) is 4.39 Å². The van der Waals surface area contributed by atoms with E-state index in [2.05, 4.69) is 15.3 Å². The Labute approximate surface area is 159 Å². The van der Waals surface area contributed by atoms with Crippen LogP contribution in [0.5, 0.6) is 0 Å². The van der Waals surface area contributed by atoms with Crippen LogP contribution in [0, 0.1) is 5.82 Å². The van der Waals surface area contributed by atoms with Gasteiger partial charge in [0.15, 0.2) is 0 Å². The number of nitrogens with zero attached hydrogens (tertiary/aromatic N) is 3. The van der Waals surface area contributed by atoms with Crippen molar-refractivity contribution in [2.75, 3.05) is 32.8 Å². The van der Waals surface area contributed by atoms with Crippen molar-refractivity contribution in [2.45, 2.75) is 32.4 Å². The lowest BCUT2D eigenvalue weighted by atomic mass is 10.0. The Bertz CT molecular complexity index is 778. The minimum atomic E-state index is -0.275. The van der Waals surface area contributed by atoms with E-state index in [0.29, 0.717) is 25.3 Å². The van der Waals surface area contributed by atoms with E-state index in [1.165, 1.54) is 12.1 Å². The highest BCUT2D eigenvalue weighted by molar-refractivity contribution is 5.93. The van der Waals surface area contributed by atoms with Crippen molar-refractivity contribution >= 4 is 5.91 Å². The predicted octanol–water partition coefficient (Wildman–Crippen LogP) is 2.58. The normalized spacial score (nSPS) is 16.9. The number of morpholine rings is 1. The molecule has 2 aromatic rings. The van der Waals surface area contributed by atoms with Crippen LogP contribution in [0.15, 0.2) is 36.7 Å². The number of hydrogen-bond donors (Lipinski definition) is 1. The van der Waals surface area contributed by atoms with Crippen LogP contribution in [0.1, 0.15) is 42.7 Å². The Hall–Kier alpha value is -2.25. The van der Waals surface area contributed by atoms with Crippen LogP contribution in [-0.4, -0.2) is 53.4 Å². The first-order valence-electron chi connectivity index (χ1n) is 9.25. The van der Waals surface area contributed by atoms with Crippen molar-refractivity contribution in [1.82, 2.24) is 20.0 Å². The largest absolute Gasteiger partial charge is 0.379 e. The minimum Gasteiger partial charge on any atom is -0.379 e. The number of carbonyl (C=O) groups is 1. The zero-order valence-electron chi connectivity index (χ0n) is 16.1. The van der Waals surface area contributed by atoms with Crippen LogP contribution in [0.25, 0.3) is 0 Å². The Morgan fingerprint density at radius 2 is 2.07 bits per heavy atom. The third-order valence-corrected chi connectivity index (χ3v) is 4.71. The highest BCUT2D eigenvalue weighted by Crippen LogP contribution is 2.22. The molecule has 1 amide bonds. The molecule has 1 saturated heterocycles. The van der Waals surface area contributed by atoms with Crippen molar-refractivity contribution in [3.8, 4) is 0 Å². The standard InChI is InChI=1S/C20H27FN4O2/c1-20(2,3)25-14-16(12-23-25)19(26)22-13-18(24-7-9-27-10-8-24)15-5-4-6-17(21)11-15/h4-6,11-12,14,18H,7-10,13H2,1-3H3,(H,22,26)/t18-/m0/s1. The van der Waals surface area contributed by atoms with E-state index in [4.69, 9.17) is 4.74 Å². The van der Waals surface area contributed by atoms with Crippen LogP contribution in [-0.2, 0) is 10.3 Å². The third-order valence-electron chi connectivity index (χ3n) is 4.71. The first-order valence-corrected chi connectivity index (χ1v) is 9.25. The van der Waals surface area contributed by atoms with Crippen molar-refractivity contribution < 1.29 is 13.9 Å². The average Bonchev–Trinajstić information content (AvgIpc) is 3.13. The van der Waals surface area contributed by atoms with E-state index in [1.54, 1.807) is 23.1 Å². The van der Waals surface area contributed by atoms with Gasteiger partial charge in [-0.15, -0.1) is 0 Å². The second-order valence-corrected chi connectivity index (χ2v) is 7.77. The number of hydrogen-bond acceptors (Lipinski definition) is 4. The molecule has 0 radical (unpaired) electrons. The Kier molecular flexibility index (Phi) is 5.92. The molecule has 1 N–H and O–H groups in total. The summed E-state index contributed by atoms with van der Waals surface area (Å²) in [4.78, 5) is 14.8. The molecule has 2 heterocycles. The number of rotatable bonds is 5. The molecule has 27 heavy (non-hydrogen) atoms. The highest BCUT2D eigenvalue weighted by Gasteiger charge is 2.24. The molecular weight excluding hydrogens is 347 g/mol. The lowest BCUT2D eigenvalue weighted by Crippen LogP contribution is -2.43. The lowest BCUT2D eigenvalue weighted by Gasteiger charge is -2.34. The summed E-state index contributed by atoms with van der Waals surface area (Å²) in [6, 6.07) is 6.45. The molecule has 0 unspecified atom stereocenters. The quantitative estimate of drug-likeness (QED) is 0.874. The smallest absolute Gasteiger partial charge is 0.254 e. The van der Waals surface area contributed by atoms with E-state index >= 15 is 0 Å². The van der Waals surface area contributed by atoms with Gasteiger partial charge in [-0.05, 0) is 38.5 Å². The fraction of sp³-hybridized carbons (Fsp3) is 0.500. The SMILES string of the molecule is CC(C)(C)n1cc(C(=O)NC[C@@H](c2cccc(F)c2)N2CCOCC2)cn1. The van der Waals surface area contributed by atoms with Crippen LogP contribution < -0.4 is 5.32 Å². The second kappa shape index (κ2) is 8.19. The maximum Gasteiger partial charge on any atom is 0.254 e. The second-order valence-electron chi connectivity index (χ2n) is 7.77. The topological polar surface area (TPSA) is 59.4 Å². The maximum absolute atomic E-state index is 13.7. The molecule has 0 aliphatic carbocycles. The number of amides is 1.